The van der Waals surface area contributed by atoms with E-state index in [1.165, 1.54) is 22.1 Å². The summed E-state index contributed by atoms with van der Waals surface area (Å²) in [6, 6.07) is 62.3. The molecule has 46 heavy (non-hydrogen) atoms. The predicted molar refractivity (Wildman–Crippen MR) is 193 cm³/mol. The quantitative estimate of drug-likeness (QED) is 0.188. The number of fused-ring (bicyclic) bond motifs is 4. The molecule has 0 fully saturated rings. The first kappa shape index (κ1) is 26.3. The monoisotopic (exact) mass is 588 g/mol. The first-order valence-corrected chi connectivity index (χ1v) is 15.7. The molecule has 0 amide bonds. The molecule has 0 N–H and O–H groups in total. The highest BCUT2D eigenvalue weighted by molar-refractivity contribution is 7.00. The van der Waals surface area contributed by atoms with Crippen LogP contribution in [0.1, 0.15) is 0 Å². The molecule has 7 aromatic rings. The molecule has 0 unspecified atom stereocenters. The summed E-state index contributed by atoms with van der Waals surface area (Å²) in [7, 11) is 0. The molecule has 2 aliphatic heterocycles. The fourth-order valence-electron chi connectivity index (χ4n) is 7.12. The Kier molecular flexibility index (Phi) is 6.20. The van der Waals surface area contributed by atoms with Crippen LogP contribution in [0.5, 0.6) is 0 Å². The lowest BCUT2D eigenvalue weighted by Crippen LogP contribution is -2.61. The second-order valence-corrected chi connectivity index (χ2v) is 11.6. The summed E-state index contributed by atoms with van der Waals surface area (Å²) in [4.78, 5) is 12.7. The van der Waals surface area contributed by atoms with Gasteiger partial charge in [-0.05, 0) is 77.1 Å². The highest BCUT2D eigenvalue weighted by atomic mass is 15.3. The summed E-state index contributed by atoms with van der Waals surface area (Å²) in [6.07, 6.45) is 0. The largest absolute Gasteiger partial charge is 0.311 e. The molecule has 0 saturated heterocycles. The second kappa shape index (κ2) is 10.8. The van der Waals surface area contributed by atoms with E-state index in [1.54, 1.807) is 0 Å². The molecule has 2 aliphatic rings. The van der Waals surface area contributed by atoms with Gasteiger partial charge in [0.1, 0.15) is 11.6 Å². The highest BCUT2D eigenvalue weighted by Crippen LogP contribution is 2.46. The molecule has 0 bridgehead atoms. The van der Waals surface area contributed by atoms with Gasteiger partial charge in [-0.15, -0.1) is 0 Å². The summed E-state index contributed by atoms with van der Waals surface area (Å²) >= 11 is 0. The van der Waals surface area contributed by atoms with Crippen LogP contribution in [0.15, 0.2) is 176 Å². The minimum atomic E-state index is 0.0285. The predicted octanol–water partition coefficient (Wildman–Crippen LogP) is 8.63. The van der Waals surface area contributed by atoms with Gasteiger partial charge in [-0.1, -0.05) is 109 Å². The molecule has 0 saturated carbocycles. The van der Waals surface area contributed by atoms with Crippen molar-refractivity contribution < 1.29 is 0 Å². The van der Waals surface area contributed by atoms with E-state index in [0.29, 0.717) is 0 Å². The third kappa shape index (κ3) is 4.13. The Hall–Kier alpha value is -6.07. The Morgan fingerprint density at radius 1 is 0.435 bits per heavy atom. The topological polar surface area (TPSA) is 22.6 Å². The average molecular weight is 589 g/mol. The minimum absolute atomic E-state index is 0.0285. The summed E-state index contributed by atoms with van der Waals surface area (Å²) in [6.45, 7) is 0.0285. The number of rotatable bonds is 5. The van der Waals surface area contributed by atoms with Gasteiger partial charge >= 0.3 is 0 Å². The lowest BCUT2D eigenvalue weighted by molar-refractivity contribution is 1.13. The second-order valence-electron chi connectivity index (χ2n) is 11.6. The third-order valence-electron chi connectivity index (χ3n) is 9.01. The van der Waals surface area contributed by atoms with Gasteiger partial charge in [0.2, 0.25) is 0 Å². The molecule has 6 aromatic carbocycles. The molecule has 0 atom stereocenters. The van der Waals surface area contributed by atoms with Gasteiger partial charge in [-0.3, -0.25) is 9.80 Å². The van der Waals surface area contributed by atoms with Crippen molar-refractivity contribution in [3.63, 3.8) is 0 Å². The van der Waals surface area contributed by atoms with Crippen molar-refractivity contribution in [2.75, 3.05) is 14.7 Å². The van der Waals surface area contributed by atoms with Crippen molar-refractivity contribution in [3.05, 3.63) is 176 Å². The van der Waals surface area contributed by atoms with Crippen molar-refractivity contribution >= 4 is 74.5 Å². The normalized spacial score (nSPS) is 12.7. The Morgan fingerprint density at radius 2 is 0.870 bits per heavy atom. The van der Waals surface area contributed by atoms with E-state index in [1.807, 2.05) is 0 Å². The van der Waals surface area contributed by atoms with Crippen LogP contribution in [0.4, 0.5) is 51.4 Å². The van der Waals surface area contributed by atoms with Gasteiger partial charge in [0, 0.05) is 45.9 Å². The summed E-state index contributed by atoms with van der Waals surface area (Å²) in [5.41, 5.74) is 11.5. The van der Waals surface area contributed by atoms with Crippen molar-refractivity contribution in [3.8, 4) is 0 Å². The van der Waals surface area contributed by atoms with Gasteiger partial charge in [0.05, 0.1) is 0 Å². The van der Waals surface area contributed by atoms with Gasteiger partial charge in [0.25, 0.3) is 6.71 Å². The Bertz CT molecular complexity index is 2020. The number of hydrogen-bond donors (Lipinski definition) is 0. The van der Waals surface area contributed by atoms with E-state index in [9.17, 15) is 0 Å². The molecule has 5 heteroatoms. The zero-order valence-electron chi connectivity index (χ0n) is 25.1. The van der Waals surface area contributed by atoms with E-state index in [4.69, 9.17) is 4.98 Å². The van der Waals surface area contributed by atoms with E-state index in [0.717, 1.165) is 45.8 Å². The highest BCUT2D eigenvalue weighted by Gasteiger charge is 2.44. The van der Waals surface area contributed by atoms with Gasteiger partial charge < -0.3 is 4.90 Å². The Balaban J connectivity index is 1.41. The van der Waals surface area contributed by atoms with Gasteiger partial charge in [-0.2, -0.15) is 0 Å². The molecule has 0 radical (unpaired) electrons. The van der Waals surface area contributed by atoms with Crippen LogP contribution in [0.3, 0.4) is 0 Å². The zero-order chi connectivity index (χ0) is 30.5. The standard InChI is InChI=1S/C41H29BN4/c1-5-17-30(18-6-1)44(31-19-7-2-8-20-31)39-29-38-40-41(43-39)46(33-23-11-4-12-24-33)37-28-16-14-26-35(37)42(40)34-25-13-15-27-36(34)45(38)32-21-9-3-10-22-32/h1-29H. The molecule has 3 heterocycles. The molecule has 1 aromatic heterocycles. The maximum Gasteiger partial charge on any atom is 0.254 e. The number of anilines is 9. The van der Waals surface area contributed by atoms with Crippen LogP contribution in [-0.4, -0.2) is 11.7 Å². The summed E-state index contributed by atoms with van der Waals surface area (Å²) in [5.74, 6) is 1.79. The van der Waals surface area contributed by atoms with Crippen molar-refractivity contribution in [1.82, 2.24) is 4.98 Å². The SMILES string of the molecule is c1ccc(N(c2ccccc2)c2cc3c4c(n2)N(c2ccccc2)c2ccccc2B4c2ccccc2N3c2ccccc2)cc1. The van der Waals surface area contributed by atoms with E-state index in [-0.39, 0.29) is 6.71 Å². The maximum absolute atomic E-state index is 5.64. The van der Waals surface area contributed by atoms with Crippen LogP contribution in [0.2, 0.25) is 0 Å². The van der Waals surface area contributed by atoms with Crippen LogP contribution in [-0.2, 0) is 0 Å². The first-order chi connectivity index (χ1) is 22.9. The lowest BCUT2D eigenvalue weighted by atomic mass is 9.33. The number of aromatic nitrogens is 1. The zero-order valence-corrected chi connectivity index (χ0v) is 25.1. The molecule has 0 spiro atoms. The molecular weight excluding hydrogens is 559 g/mol. The number of hydrogen-bond acceptors (Lipinski definition) is 4. The molecular formula is C41H29BN4. The molecule has 4 nitrogen and oxygen atoms in total. The molecule has 216 valence electrons. The molecule has 0 aliphatic carbocycles. The van der Waals surface area contributed by atoms with Crippen molar-refractivity contribution in [1.29, 1.82) is 0 Å². The van der Waals surface area contributed by atoms with Crippen LogP contribution in [0.25, 0.3) is 0 Å². The fraction of sp³-hybridized carbons (Fsp3) is 0. The number of benzene rings is 6. The number of nitrogens with zero attached hydrogens (tertiary/aromatic N) is 4. The van der Waals surface area contributed by atoms with E-state index in [2.05, 4.69) is 191 Å². The van der Waals surface area contributed by atoms with Gasteiger partial charge in [0.15, 0.2) is 0 Å². The van der Waals surface area contributed by atoms with Crippen molar-refractivity contribution in [2.24, 2.45) is 0 Å². The first-order valence-electron chi connectivity index (χ1n) is 15.7. The number of pyridine rings is 1. The lowest BCUT2D eigenvalue weighted by Gasteiger charge is -2.44. The minimum Gasteiger partial charge on any atom is -0.311 e. The van der Waals surface area contributed by atoms with Crippen LogP contribution < -0.4 is 31.1 Å². The fourth-order valence-corrected chi connectivity index (χ4v) is 7.12. The summed E-state index contributed by atoms with van der Waals surface area (Å²) < 4.78 is 0. The molecule has 9 rings (SSSR count). The van der Waals surface area contributed by atoms with E-state index >= 15 is 0 Å². The Labute approximate surface area is 269 Å². The van der Waals surface area contributed by atoms with E-state index < -0.39 is 0 Å². The number of para-hydroxylation sites is 6. The van der Waals surface area contributed by atoms with Gasteiger partial charge in [-0.25, -0.2) is 4.98 Å². The van der Waals surface area contributed by atoms with Crippen molar-refractivity contribution in [2.45, 2.75) is 0 Å². The maximum atomic E-state index is 5.64. The average Bonchev–Trinajstić information content (AvgIpc) is 3.13. The smallest absolute Gasteiger partial charge is 0.254 e. The van der Waals surface area contributed by atoms with Crippen LogP contribution in [0, 0.1) is 0 Å². The third-order valence-corrected chi connectivity index (χ3v) is 9.01. The van der Waals surface area contributed by atoms with Crippen LogP contribution >= 0.6 is 0 Å². The summed E-state index contributed by atoms with van der Waals surface area (Å²) in [5, 5.41) is 0. The Morgan fingerprint density at radius 3 is 1.41 bits per heavy atom.